The van der Waals surface area contributed by atoms with Crippen molar-refractivity contribution in [2.45, 2.75) is 0 Å². The molecule has 1 amide bonds. The van der Waals surface area contributed by atoms with Gasteiger partial charge in [0.05, 0.1) is 6.21 Å². The topological polar surface area (TPSA) is 61.7 Å². The van der Waals surface area contributed by atoms with Crippen LogP contribution in [0.5, 0.6) is 5.75 Å². The standard InChI is InChI=1S/C14H9Br3N2O2/c15-10-1-2-13(20)9(5-10)7-18-19-14(21)8-3-11(16)6-12(17)4-8/h1-7,20H,(H,19,21)/b18-7-. The molecule has 2 aromatic rings. The molecule has 108 valence electrons. The van der Waals surface area contributed by atoms with E-state index in [1.165, 1.54) is 6.21 Å². The maximum Gasteiger partial charge on any atom is 0.271 e. The molecular weight excluding hydrogens is 468 g/mol. The Morgan fingerprint density at radius 2 is 1.71 bits per heavy atom. The fourth-order valence-electron chi connectivity index (χ4n) is 1.54. The fourth-order valence-corrected chi connectivity index (χ4v) is 3.21. The van der Waals surface area contributed by atoms with Crippen molar-refractivity contribution in [3.63, 3.8) is 0 Å². The van der Waals surface area contributed by atoms with E-state index in [9.17, 15) is 9.90 Å². The second-order valence-electron chi connectivity index (χ2n) is 4.06. The van der Waals surface area contributed by atoms with Gasteiger partial charge in [0.15, 0.2) is 0 Å². The summed E-state index contributed by atoms with van der Waals surface area (Å²) in [7, 11) is 0. The van der Waals surface area contributed by atoms with Gasteiger partial charge in [-0.05, 0) is 36.4 Å². The molecule has 0 aromatic heterocycles. The van der Waals surface area contributed by atoms with E-state index < -0.39 is 0 Å². The fraction of sp³-hybridized carbons (Fsp3) is 0. The van der Waals surface area contributed by atoms with Crippen molar-refractivity contribution in [1.29, 1.82) is 0 Å². The lowest BCUT2D eigenvalue weighted by Crippen LogP contribution is -2.17. The predicted octanol–water partition coefficient (Wildman–Crippen LogP) is 4.44. The van der Waals surface area contributed by atoms with Crippen LogP contribution >= 0.6 is 47.8 Å². The minimum atomic E-state index is -0.345. The maximum atomic E-state index is 12.0. The van der Waals surface area contributed by atoms with Gasteiger partial charge in [-0.1, -0.05) is 47.8 Å². The van der Waals surface area contributed by atoms with Crippen LogP contribution in [0.2, 0.25) is 0 Å². The van der Waals surface area contributed by atoms with Crippen LogP contribution in [0.1, 0.15) is 15.9 Å². The number of aromatic hydroxyl groups is 1. The minimum Gasteiger partial charge on any atom is -0.507 e. The Morgan fingerprint density at radius 3 is 2.38 bits per heavy atom. The molecule has 0 aliphatic rings. The van der Waals surface area contributed by atoms with E-state index in [1.807, 2.05) is 6.07 Å². The molecule has 21 heavy (non-hydrogen) atoms. The molecule has 0 spiro atoms. The first-order valence-electron chi connectivity index (χ1n) is 5.74. The summed E-state index contributed by atoms with van der Waals surface area (Å²) in [5.41, 5.74) is 3.38. The number of benzene rings is 2. The van der Waals surface area contributed by atoms with Gasteiger partial charge in [0.25, 0.3) is 5.91 Å². The van der Waals surface area contributed by atoms with E-state index in [4.69, 9.17) is 0 Å². The SMILES string of the molecule is O=C(N/N=C\c1cc(Br)ccc1O)c1cc(Br)cc(Br)c1. The third kappa shape index (κ3) is 4.66. The Bertz CT molecular complexity index is 697. The van der Waals surface area contributed by atoms with Gasteiger partial charge in [-0.25, -0.2) is 5.43 Å². The molecule has 0 unspecified atom stereocenters. The molecule has 2 N–H and O–H groups in total. The number of carbonyl (C=O) groups excluding carboxylic acids is 1. The molecule has 2 aromatic carbocycles. The van der Waals surface area contributed by atoms with Gasteiger partial charge < -0.3 is 5.11 Å². The van der Waals surface area contributed by atoms with Crippen molar-refractivity contribution in [3.05, 3.63) is 60.9 Å². The highest BCUT2D eigenvalue weighted by molar-refractivity contribution is 9.11. The summed E-state index contributed by atoms with van der Waals surface area (Å²) in [5, 5.41) is 13.5. The van der Waals surface area contributed by atoms with Crippen molar-refractivity contribution in [1.82, 2.24) is 5.43 Å². The van der Waals surface area contributed by atoms with Crippen molar-refractivity contribution < 1.29 is 9.90 Å². The third-order valence-corrected chi connectivity index (χ3v) is 3.89. The summed E-state index contributed by atoms with van der Waals surface area (Å²) >= 11 is 9.93. The molecule has 0 saturated carbocycles. The lowest BCUT2D eigenvalue weighted by atomic mass is 10.2. The number of nitrogens with one attached hydrogen (secondary N) is 1. The highest BCUT2D eigenvalue weighted by Crippen LogP contribution is 2.21. The van der Waals surface area contributed by atoms with Crippen molar-refractivity contribution in [3.8, 4) is 5.75 Å². The first-order chi connectivity index (χ1) is 9.95. The minimum absolute atomic E-state index is 0.0846. The molecule has 7 heteroatoms. The number of halogens is 3. The molecule has 0 aliphatic carbocycles. The van der Waals surface area contributed by atoms with E-state index in [-0.39, 0.29) is 11.7 Å². The quantitative estimate of drug-likeness (QED) is 0.508. The lowest BCUT2D eigenvalue weighted by molar-refractivity contribution is 0.0955. The van der Waals surface area contributed by atoms with Crippen LogP contribution < -0.4 is 5.43 Å². The van der Waals surface area contributed by atoms with Crippen molar-refractivity contribution in [2.75, 3.05) is 0 Å². The number of hydrogen-bond donors (Lipinski definition) is 2. The van der Waals surface area contributed by atoms with Gasteiger partial charge in [0.1, 0.15) is 5.75 Å². The lowest BCUT2D eigenvalue weighted by Gasteiger charge is -2.02. The number of phenols is 1. The number of amides is 1. The summed E-state index contributed by atoms with van der Waals surface area (Å²) in [6, 6.07) is 10.2. The van der Waals surface area contributed by atoms with Gasteiger partial charge in [0, 0.05) is 24.5 Å². The molecule has 0 fully saturated rings. The average molecular weight is 477 g/mol. The number of nitrogens with zero attached hydrogens (tertiary/aromatic N) is 1. The number of carbonyl (C=O) groups is 1. The Hall–Kier alpha value is -1.18. The van der Waals surface area contributed by atoms with Gasteiger partial charge in [0.2, 0.25) is 0 Å². The van der Waals surface area contributed by atoms with Crippen molar-refractivity contribution in [2.24, 2.45) is 5.10 Å². The molecule has 0 radical (unpaired) electrons. The van der Waals surface area contributed by atoms with E-state index >= 15 is 0 Å². The zero-order chi connectivity index (χ0) is 15.4. The molecule has 2 rings (SSSR count). The summed E-state index contributed by atoms with van der Waals surface area (Å²) < 4.78 is 2.38. The van der Waals surface area contributed by atoms with Gasteiger partial charge >= 0.3 is 0 Å². The third-order valence-electron chi connectivity index (χ3n) is 2.48. The first kappa shape index (κ1) is 16.2. The summed E-state index contributed by atoms with van der Waals surface area (Å²) in [6.45, 7) is 0. The second-order valence-corrected chi connectivity index (χ2v) is 6.81. The normalized spacial score (nSPS) is 10.8. The molecule has 0 atom stereocenters. The van der Waals surface area contributed by atoms with E-state index in [1.54, 1.807) is 30.3 Å². The largest absolute Gasteiger partial charge is 0.507 e. The monoisotopic (exact) mass is 474 g/mol. The van der Waals surface area contributed by atoms with Crippen LogP contribution in [0, 0.1) is 0 Å². The van der Waals surface area contributed by atoms with Crippen LogP contribution in [0.25, 0.3) is 0 Å². The smallest absolute Gasteiger partial charge is 0.271 e. The Kier molecular flexibility index (Phi) is 5.55. The number of hydrazone groups is 1. The van der Waals surface area contributed by atoms with Gasteiger partial charge in [-0.15, -0.1) is 0 Å². The Balaban J connectivity index is 2.10. The highest BCUT2D eigenvalue weighted by Gasteiger charge is 2.06. The zero-order valence-electron chi connectivity index (χ0n) is 10.5. The number of hydrogen-bond acceptors (Lipinski definition) is 3. The Labute approximate surface area is 146 Å². The molecular formula is C14H9Br3N2O2. The first-order valence-corrected chi connectivity index (χ1v) is 8.11. The molecule has 0 heterocycles. The van der Waals surface area contributed by atoms with Crippen LogP contribution in [-0.4, -0.2) is 17.2 Å². The maximum absolute atomic E-state index is 12.0. The molecule has 4 nitrogen and oxygen atoms in total. The molecule has 0 aliphatic heterocycles. The highest BCUT2D eigenvalue weighted by atomic mass is 79.9. The van der Waals surface area contributed by atoms with E-state index in [2.05, 4.69) is 58.3 Å². The van der Waals surface area contributed by atoms with Gasteiger partial charge in [-0.3, -0.25) is 4.79 Å². The van der Waals surface area contributed by atoms with Crippen LogP contribution in [0.3, 0.4) is 0 Å². The summed E-state index contributed by atoms with van der Waals surface area (Å²) in [5.74, 6) is -0.260. The average Bonchev–Trinajstić information content (AvgIpc) is 2.41. The molecule has 0 saturated heterocycles. The Morgan fingerprint density at radius 1 is 1.05 bits per heavy atom. The molecule has 0 bridgehead atoms. The van der Waals surface area contributed by atoms with Crippen LogP contribution in [-0.2, 0) is 0 Å². The zero-order valence-corrected chi connectivity index (χ0v) is 15.2. The summed E-state index contributed by atoms with van der Waals surface area (Å²) in [6.07, 6.45) is 1.38. The number of phenolic OH excluding ortho intramolecular Hbond substituents is 1. The van der Waals surface area contributed by atoms with Crippen LogP contribution in [0.4, 0.5) is 0 Å². The summed E-state index contributed by atoms with van der Waals surface area (Å²) in [4.78, 5) is 12.0. The van der Waals surface area contributed by atoms with E-state index in [0.29, 0.717) is 11.1 Å². The second kappa shape index (κ2) is 7.20. The number of rotatable bonds is 3. The van der Waals surface area contributed by atoms with Crippen molar-refractivity contribution >= 4 is 59.9 Å². The van der Waals surface area contributed by atoms with Gasteiger partial charge in [-0.2, -0.15) is 5.10 Å². The van der Waals surface area contributed by atoms with Crippen LogP contribution in [0.15, 0.2) is 54.9 Å². The van der Waals surface area contributed by atoms with E-state index in [0.717, 1.165) is 13.4 Å². The predicted molar refractivity (Wildman–Crippen MR) is 92.7 cm³/mol.